The molecular formula is C17H20N3O2+. The maximum Gasteiger partial charge on any atom is 0.269 e. The van der Waals surface area contributed by atoms with Gasteiger partial charge in [-0.2, -0.15) is 0 Å². The largest absolute Gasteiger partial charge is 0.360 e. The van der Waals surface area contributed by atoms with Crippen molar-refractivity contribution in [3.8, 4) is 0 Å². The maximum absolute atomic E-state index is 10.7. The van der Waals surface area contributed by atoms with Crippen molar-refractivity contribution in [1.29, 1.82) is 0 Å². The predicted octanol–water partition coefficient (Wildman–Crippen LogP) is 1.50. The quantitative estimate of drug-likeness (QED) is 0.687. The Bertz CT molecular complexity index is 620. The molecule has 1 aliphatic heterocycles. The van der Waals surface area contributed by atoms with Gasteiger partial charge < -0.3 is 9.80 Å². The Morgan fingerprint density at radius 1 is 1.00 bits per heavy atom. The second kappa shape index (κ2) is 6.58. The first-order valence-corrected chi connectivity index (χ1v) is 7.59. The highest BCUT2D eigenvalue weighted by molar-refractivity contribution is 5.46. The molecule has 3 rings (SSSR count). The van der Waals surface area contributed by atoms with Crippen LogP contribution in [0.15, 0.2) is 54.6 Å². The summed E-state index contributed by atoms with van der Waals surface area (Å²) in [5.74, 6) is 0. The summed E-state index contributed by atoms with van der Waals surface area (Å²) in [5.41, 5.74) is 2.61. The Balaban J connectivity index is 1.54. The first kappa shape index (κ1) is 14.5. The van der Waals surface area contributed by atoms with Crippen molar-refractivity contribution in [2.75, 3.05) is 31.1 Å². The lowest BCUT2D eigenvalue weighted by molar-refractivity contribution is -0.914. The number of quaternary nitrogens is 1. The third-order valence-corrected chi connectivity index (χ3v) is 4.19. The van der Waals surface area contributed by atoms with Crippen molar-refractivity contribution in [2.45, 2.75) is 6.54 Å². The van der Waals surface area contributed by atoms with Crippen LogP contribution in [0.3, 0.4) is 0 Å². The van der Waals surface area contributed by atoms with E-state index in [-0.39, 0.29) is 10.6 Å². The molecule has 0 saturated carbocycles. The van der Waals surface area contributed by atoms with Crippen molar-refractivity contribution in [3.05, 3.63) is 70.3 Å². The predicted molar refractivity (Wildman–Crippen MR) is 86.2 cm³/mol. The van der Waals surface area contributed by atoms with E-state index in [9.17, 15) is 10.1 Å². The molecule has 1 heterocycles. The number of non-ortho nitro benzene ring substituents is 1. The molecule has 22 heavy (non-hydrogen) atoms. The van der Waals surface area contributed by atoms with Crippen LogP contribution < -0.4 is 9.80 Å². The van der Waals surface area contributed by atoms with Gasteiger partial charge in [-0.15, -0.1) is 0 Å². The van der Waals surface area contributed by atoms with Gasteiger partial charge in [0.25, 0.3) is 5.69 Å². The summed E-state index contributed by atoms with van der Waals surface area (Å²) >= 11 is 0. The summed E-state index contributed by atoms with van der Waals surface area (Å²) in [7, 11) is 0. The maximum atomic E-state index is 10.7. The summed E-state index contributed by atoms with van der Waals surface area (Å²) in [6, 6.07) is 17.4. The number of nitrogens with zero attached hydrogens (tertiary/aromatic N) is 2. The molecule has 0 bridgehead atoms. The van der Waals surface area contributed by atoms with Gasteiger partial charge in [-0.25, -0.2) is 0 Å². The third kappa shape index (κ3) is 3.43. The molecule has 0 atom stereocenters. The van der Waals surface area contributed by atoms with Gasteiger partial charge in [0.05, 0.1) is 31.1 Å². The van der Waals surface area contributed by atoms with E-state index < -0.39 is 0 Å². The molecule has 114 valence electrons. The molecule has 0 spiro atoms. The Morgan fingerprint density at radius 3 is 2.23 bits per heavy atom. The van der Waals surface area contributed by atoms with Crippen molar-refractivity contribution >= 4 is 11.4 Å². The number of para-hydroxylation sites is 1. The molecule has 0 aromatic heterocycles. The second-order valence-corrected chi connectivity index (χ2v) is 5.67. The number of anilines is 1. The molecule has 2 aromatic carbocycles. The molecule has 5 heteroatoms. The monoisotopic (exact) mass is 298 g/mol. The van der Waals surface area contributed by atoms with Crippen LogP contribution in [-0.4, -0.2) is 31.1 Å². The van der Waals surface area contributed by atoms with Crippen molar-refractivity contribution < 1.29 is 9.82 Å². The number of benzene rings is 2. The van der Waals surface area contributed by atoms with E-state index in [1.807, 2.05) is 18.2 Å². The second-order valence-electron chi connectivity index (χ2n) is 5.67. The van der Waals surface area contributed by atoms with Crippen LogP contribution in [0.2, 0.25) is 0 Å². The number of hydrogen-bond donors (Lipinski definition) is 1. The van der Waals surface area contributed by atoms with E-state index in [1.165, 1.54) is 10.6 Å². The van der Waals surface area contributed by atoms with Gasteiger partial charge in [-0.1, -0.05) is 18.2 Å². The van der Waals surface area contributed by atoms with Gasteiger partial charge in [0.2, 0.25) is 0 Å². The minimum Gasteiger partial charge on any atom is -0.360 e. The molecule has 1 fully saturated rings. The van der Waals surface area contributed by atoms with Gasteiger partial charge in [0.1, 0.15) is 6.54 Å². The van der Waals surface area contributed by atoms with Gasteiger partial charge in [0.15, 0.2) is 0 Å². The van der Waals surface area contributed by atoms with Gasteiger partial charge in [-0.3, -0.25) is 10.1 Å². The fourth-order valence-electron chi connectivity index (χ4n) is 2.92. The van der Waals surface area contributed by atoms with Crippen LogP contribution in [0, 0.1) is 10.1 Å². The Labute approximate surface area is 129 Å². The fraction of sp³-hybridized carbons (Fsp3) is 0.294. The van der Waals surface area contributed by atoms with E-state index in [0.717, 1.165) is 38.3 Å². The first-order chi connectivity index (χ1) is 10.7. The van der Waals surface area contributed by atoms with Crippen LogP contribution in [-0.2, 0) is 6.54 Å². The normalized spacial score (nSPS) is 15.7. The first-order valence-electron chi connectivity index (χ1n) is 7.59. The average molecular weight is 298 g/mol. The molecule has 0 aliphatic carbocycles. The summed E-state index contributed by atoms with van der Waals surface area (Å²) in [6.07, 6.45) is 0. The highest BCUT2D eigenvalue weighted by Gasteiger charge is 2.20. The van der Waals surface area contributed by atoms with Crippen LogP contribution in [0.1, 0.15) is 5.56 Å². The highest BCUT2D eigenvalue weighted by Crippen LogP contribution is 2.13. The van der Waals surface area contributed by atoms with Crippen molar-refractivity contribution in [1.82, 2.24) is 0 Å². The van der Waals surface area contributed by atoms with Crippen LogP contribution in [0.5, 0.6) is 0 Å². The van der Waals surface area contributed by atoms with E-state index in [2.05, 4.69) is 29.2 Å². The molecule has 0 amide bonds. The zero-order valence-corrected chi connectivity index (χ0v) is 12.4. The van der Waals surface area contributed by atoms with Crippen LogP contribution in [0.25, 0.3) is 0 Å². The molecule has 0 radical (unpaired) electrons. The van der Waals surface area contributed by atoms with Gasteiger partial charge >= 0.3 is 0 Å². The molecular weight excluding hydrogens is 278 g/mol. The Kier molecular flexibility index (Phi) is 4.34. The molecule has 1 saturated heterocycles. The molecule has 1 N–H and O–H groups in total. The lowest BCUT2D eigenvalue weighted by atomic mass is 10.1. The molecule has 5 nitrogen and oxygen atoms in total. The lowest BCUT2D eigenvalue weighted by Crippen LogP contribution is -3.13. The van der Waals surface area contributed by atoms with Crippen LogP contribution in [0.4, 0.5) is 11.4 Å². The average Bonchev–Trinajstić information content (AvgIpc) is 2.57. The molecule has 1 aliphatic rings. The van der Waals surface area contributed by atoms with Gasteiger partial charge in [0, 0.05) is 23.4 Å². The van der Waals surface area contributed by atoms with Crippen molar-refractivity contribution in [3.63, 3.8) is 0 Å². The van der Waals surface area contributed by atoms with E-state index in [1.54, 1.807) is 12.1 Å². The number of nitrogens with one attached hydrogen (secondary N) is 1. The topological polar surface area (TPSA) is 50.8 Å². The zero-order chi connectivity index (χ0) is 15.4. The number of hydrogen-bond acceptors (Lipinski definition) is 3. The third-order valence-electron chi connectivity index (χ3n) is 4.19. The van der Waals surface area contributed by atoms with Crippen molar-refractivity contribution in [2.24, 2.45) is 0 Å². The van der Waals surface area contributed by atoms with Gasteiger partial charge in [-0.05, 0) is 24.3 Å². The van der Waals surface area contributed by atoms with E-state index in [0.29, 0.717) is 0 Å². The minimum absolute atomic E-state index is 0.160. The Morgan fingerprint density at radius 2 is 1.64 bits per heavy atom. The number of piperazine rings is 1. The number of nitro benzene ring substituents is 1. The highest BCUT2D eigenvalue weighted by atomic mass is 16.6. The molecule has 0 unspecified atom stereocenters. The number of nitro groups is 1. The minimum atomic E-state index is -0.352. The van der Waals surface area contributed by atoms with E-state index in [4.69, 9.17) is 0 Å². The fourth-order valence-corrected chi connectivity index (χ4v) is 2.92. The SMILES string of the molecule is O=[N+]([O-])c1ccc(C[NH+]2CCN(c3ccccc3)CC2)cc1. The lowest BCUT2D eigenvalue weighted by Gasteiger charge is -2.33. The van der Waals surface area contributed by atoms with E-state index >= 15 is 0 Å². The summed E-state index contributed by atoms with van der Waals surface area (Å²) in [6.45, 7) is 5.21. The summed E-state index contributed by atoms with van der Waals surface area (Å²) < 4.78 is 0. The summed E-state index contributed by atoms with van der Waals surface area (Å²) in [4.78, 5) is 14.3. The Hall–Kier alpha value is -2.40. The zero-order valence-electron chi connectivity index (χ0n) is 12.4. The standard InChI is InChI=1S/C17H19N3O2/c21-20(22)17-8-6-15(7-9-17)14-18-10-12-19(13-11-18)16-4-2-1-3-5-16/h1-9H,10-14H2/p+1. The molecule has 2 aromatic rings. The van der Waals surface area contributed by atoms with Crippen LogP contribution >= 0.6 is 0 Å². The summed E-state index contributed by atoms with van der Waals surface area (Å²) in [5, 5.41) is 10.7. The smallest absolute Gasteiger partial charge is 0.269 e. The number of rotatable bonds is 4.